The van der Waals surface area contributed by atoms with Crippen LogP contribution < -0.4 is 10.1 Å². The van der Waals surface area contributed by atoms with E-state index in [0.29, 0.717) is 17.7 Å². The Balaban J connectivity index is 2.08. The minimum Gasteiger partial charge on any atom is -0.406 e. The van der Waals surface area contributed by atoms with Crippen LogP contribution in [0.2, 0.25) is 0 Å². The SMILES string of the molecule is ON1CNC=C1Cc1cccc(OC(F)(F)F)c1. The first-order valence-corrected chi connectivity index (χ1v) is 5.17. The van der Waals surface area contributed by atoms with E-state index in [2.05, 4.69) is 10.1 Å². The predicted molar refractivity (Wildman–Crippen MR) is 56.5 cm³/mol. The average molecular weight is 260 g/mol. The van der Waals surface area contributed by atoms with Crippen LogP contribution in [0.3, 0.4) is 0 Å². The van der Waals surface area contributed by atoms with Crippen molar-refractivity contribution >= 4 is 0 Å². The molecule has 0 fully saturated rings. The average Bonchev–Trinajstić information content (AvgIpc) is 2.62. The van der Waals surface area contributed by atoms with E-state index in [1.54, 1.807) is 12.3 Å². The Hall–Kier alpha value is -1.89. The van der Waals surface area contributed by atoms with Gasteiger partial charge in [-0.15, -0.1) is 13.2 Å². The minimum atomic E-state index is -4.70. The molecule has 7 heteroatoms. The van der Waals surface area contributed by atoms with E-state index in [1.165, 1.54) is 18.2 Å². The molecule has 0 saturated heterocycles. The van der Waals surface area contributed by atoms with Crippen LogP contribution in [0.4, 0.5) is 13.2 Å². The Morgan fingerprint density at radius 1 is 1.39 bits per heavy atom. The molecule has 0 radical (unpaired) electrons. The number of hydroxylamine groups is 2. The second kappa shape index (κ2) is 4.77. The molecule has 98 valence electrons. The van der Waals surface area contributed by atoms with Gasteiger partial charge in [0.25, 0.3) is 0 Å². The van der Waals surface area contributed by atoms with E-state index in [4.69, 9.17) is 0 Å². The lowest BCUT2D eigenvalue weighted by Crippen LogP contribution is -2.20. The largest absolute Gasteiger partial charge is 0.573 e. The summed E-state index contributed by atoms with van der Waals surface area (Å²) >= 11 is 0. The Labute approximate surface area is 101 Å². The summed E-state index contributed by atoms with van der Waals surface area (Å²) in [6, 6.07) is 5.66. The molecule has 0 aliphatic carbocycles. The molecule has 0 saturated carbocycles. The molecular formula is C11H11F3N2O2. The molecule has 1 aliphatic rings. The highest BCUT2D eigenvalue weighted by Gasteiger charge is 2.31. The summed E-state index contributed by atoms with van der Waals surface area (Å²) in [7, 11) is 0. The van der Waals surface area contributed by atoms with Gasteiger partial charge >= 0.3 is 6.36 Å². The van der Waals surface area contributed by atoms with Gasteiger partial charge in [-0.25, -0.2) is 5.06 Å². The third-order valence-corrected chi connectivity index (χ3v) is 2.36. The summed E-state index contributed by atoms with van der Waals surface area (Å²) in [5.41, 5.74) is 1.20. The first-order valence-electron chi connectivity index (χ1n) is 5.17. The van der Waals surface area contributed by atoms with Crippen molar-refractivity contribution in [2.75, 3.05) is 6.67 Å². The number of benzene rings is 1. The van der Waals surface area contributed by atoms with E-state index < -0.39 is 6.36 Å². The zero-order valence-corrected chi connectivity index (χ0v) is 9.24. The van der Waals surface area contributed by atoms with Gasteiger partial charge < -0.3 is 10.1 Å². The molecule has 0 unspecified atom stereocenters. The van der Waals surface area contributed by atoms with Gasteiger partial charge in [0, 0.05) is 12.6 Å². The monoisotopic (exact) mass is 260 g/mol. The van der Waals surface area contributed by atoms with Crippen LogP contribution in [0.15, 0.2) is 36.2 Å². The van der Waals surface area contributed by atoms with Gasteiger partial charge in [-0.2, -0.15) is 0 Å². The third-order valence-electron chi connectivity index (χ3n) is 2.36. The molecule has 1 heterocycles. The fourth-order valence-electron chi connectivity index (χ4n) is 1.63. The lowest BCUT2D eigenvalue weighted by Gasteiger charge is -2.13. The molecule has 2 N–H and O–H groups in total. The predicted octanol–water partition coefficient (Wildman–Crippen LogP) is 2.22. The molecule has 1 aromatic rings. The van der Waals surface area contributed by atoms with Gasteiger partial charge in [0.1, 0.15) is 12.4 Å². The van der Waals surface area contributed by atoms with E-state index in [0.717, 1.165) is 5.06 Å². The number of allylic oxidation sites excluding steroid dienone is 1. The number of nitrogens with one attached hydrogen (secondary N) is 1. The Morgan fingerprint density at radius 2 is 2.17 bits per heavy atom. The highest BCUT2D eigenvalue weighted by Crippen LogP contribution is 2.24. The van der Waals surface area contributed by atoms with Crippen LogP contribution >= 0.6 is 0 Å². The summed E-state index contributed by atoms with van der Waals surface area (Å²) < 4.78 is 40.0. The van der Waals surface area contributed by atoms with Gasteiger partial charge in [-0.05, 0) is 17.7 Å². The van der Waals surface area contributed by atoms with Crippen LogP contribution in [0.25, 0.3) is 0 Å². The summed E-state index contributed by atoms with van der Waals surface area (Å²) in [6.07, 6.45) is -2.77. The van der Waals surface area contributed by atoms with Crippen molar-refractivity contribution in [2.24, 2.45) is 0 Å². The van der Waals surface area contributed by atoms with Gasteiger partial charge in [0.2, 0.25) is 0 Å². The van der Waals surface area contributed by atoms with E-state index in [1.807, 2.05) is 0 Å². The molecule has 0 amide bonds. The number of hydrogen-bond acceptors (Lipinski definition) is 4. The third kappa shape index (κ3) is 3.30. The van der Waals surface area contributed by atoms with Crippen molar-refractivity contribution in [2.45, 2.75) is 12.8 Å². The molecular weight excluding hydrogens is 249 g/mol. The fourth-order valence-corrected chi connectivity index (χ4v) is 1.63. The van der Waals surface area contributed by atoms with Gasteiger partial charge in [-0.1, -0.05) is 12.1 Å². The molecule has 0 aromatic heterocycles. The quantitative estimate of drug-likeness (QED) is 0.874. The zero-order chi connectivity index (χ0) is 13.2. The Morgan fingerprint density at radius 3 is 2.78 bits per heavy atom. The van der Waals surface area contributed by atoms with Crippen LogP contribution in [0.5, 0.6) is 5.75 Å². The van der Waals surface area contributed by atoms with Crippen LogP contribution in [0, 0.1) is 0 Å². The molecule has 1 aliphatic heterocycles. The number of ether oxygens (including phenoxy) is 1. The van der Waals surface area contributed by atoms with Crippen LogP contribution in [-0.4, -0.2) is 23.3 Å². The van der Waals surface area contributed by atoms with Crippen LogP contribution in [0.1, 0.15) is 5.56 Å². The second-order valence-corrected chi connectivity index (χ2v) is 3.77. The Bertz CT molecular complexity index is 460. The summed E-state index contributed by atoms with van der Waals surface area (Å²) in [4.78, 5) is 0. The number of alkyl halides is 3. The van der Waals surface area contributed by atoms with Crippen molar-refractivity contribution in [1.82, 2.24) is 10.4 Å². The topological polar surface area (TPSA) is 44.7 Å². The van der Waals surface area contributed by atoms with Gasteiger partial charge in [0.15, 0.2) is 0 Å². The van der Waals surface area contributed by atoms with Crippen molar-refractivity contribution in [1.29, 1.82) is 0 Å². The molecule has 2 rings (SSSR count). The summed E-state index contributed by atoms with van der Waals surface area (Å²) in [5.74, 6) is -0.268. The van der Waals surface area contributed by atoms with Crippen LogP contribution in [-0.2, 0) is 6.42 Å². The second-order valence-electron chi connectivity index (χ2n) is 3.77. The minimum absolute atomic E-state index is 0.268. The number of halogens is 3. The maximum Gasteiger partial charge on any atom is 0.573 e. The van der Waals surface area contributed by atoms with E-state index >= 15 is 0 Å². The molecule has 0 bridgehead atoms. The van der Waals surface area contributed by atoms with Gasteiger partial charge in [0.05, 0.1) is 5.70 Å². The fraction of sp³-hybridized carbons (Fsp3) is 0.273. The number of rotatable bonds is 3. The maximum absolute atomic E-state index is 12.0. The molecule has 18 heavy (non-hydrogen) atoms. The first kappa shape index (κ1) is 12.6. The zero-order valence-electron chi connectivity index (χ0n) is 9.24. The standard InChI is InChI=1S/C11H11F3N2O2/c12-11(13,14)18-10-3-1-2-8(5-10)4-9-6-15-7-16(9)17/h1-3,5-6,15,17H,4,7H2. The maximum atomic E-state index is 12.0. The first-order chi connectivity index (χ1) is 8.44. The number of hydrogen-bond donors (Lipinski definition) is 2. The van der Waals surface area contributed by atoms with Gasteiger partial charge in [-0.3, -0.25) is 5.21 Å². The lowest BCUT2D eigenvalue weighted by molar-refractivity contribution is -0.274. The Kier molecular flexibility index (Phi) is 3.33. The molecule has 0 spiro atoms. The van der Waals surface area contributed by atoms with Crippen molar-refractivity contribution in [3.8, 4) is 5.75 Å². The van der Waals surface area contributed by atoms with Crippen molar-refractivity contribution in [3.63, 3.8) is 0 Å². The highest BCUT2D eigenvalue weighted by molar-refractivity contribution is 5.31. The smallest absolute Gasteiger partial charge is 0.406 e. The normalized spacial score (nSPS) is 15.3. The lowest BCUT2D eigenvalue weighted by atomic mass is 10.1. The van der Waals surface area contributed by atoms with Crippen molar-refractivity contribution < 1.29 is 23.1 Å². The summed E-state index contributed by atoms with van der Waals surface area (Å²) in [6.45, 7) is 0.272. The molecule has 1 aromatic carbocycles. The van der Waals surface area contributed by atoms with E-state index in [9.17, 15) is 18.4 Å². The van der Waals surface area contributed by atoms with E-state index in [-0.39, 0.29) is 12.4 Å². The molecule has 4 nitrogen and oxygen atoms in total. The summed E-state index contributed by atoms with van der Waals surface area (Å²) in [5, 5.41) is 13.2. The molecule has 0 atom stereocenters. The van der Waals surface area contributed by atoms with Crippen molar-refractivity contribution in [3.05, 3.63) is 41.7 Å². The number of nitrogens with zero attached hydrogens (tertiary/aromatic N) is 1. The highest BCUT2D eigenvalue weighted by atomic mass is 19.4.